The number of amides is 1. The van der Waals surface area contributed by atoms with Gasteiger partial charge in [-0.25, -0.2) is 9.97 Å². The van der Waals surface area contributed by atoms with Crippen LogP contribution in [0.3, 0.4) is 0 Å². The lowest BCUT2D eigenvalue weighted by Gasteiger charge is -2.34. The minimum absolute atomic E-state index is 0.189. The lowest BCUT2D eigenvalue weighted by Crippen LogP contribution is -2.44. The van der Waals surface area contributed by atoms with E-state index in [-0.39, 0.29) is 18.1 Å². The molecule has 1 amide bonds. The second kappa shape index (κ2) is 7.81. The molecule has 0 bridgehead atoms. The van der Waals surface area contributed by atoms with Crippen LogP contribution in [-0.4, -0.2) is 55.9 Å². The van der Waals surface area contributed by atoms with Gasteiger partial charge in [0.25, 0.3) is 5.91 Å². The number of nitrogens with zero attached hydrogens (tertiary/aromatic N) is 5. The average Bonchev–Trinajstić information content (AvgIpc) is 3.17. The van der Waals surface area contributed by atoms with Gasteiger partial charge >= 0.3 is 0 Å². The minimum atomic E-state index is -0.189. The van der Waals surface area contributed by atoms with Crippen LogP contribution >= 0.6 is 11.3 Å². The summed E-state index contributed by atoms with van der Waals surface area (Å²) < 4.78 is 7.50. The van der Waals surface area contributed by atoms with Crippen molar-refractivity contribution in [1.29, 1.82) is 0 Å². The third kappa shape index (κ3) is 4.17. The van der Waals surface area contributed by atoms with Gasteiger partial charge in [-0.2, -0.15) is 5.10 Å². The highest BCUT2D eigenvalue weighted by Crippen LogP contribution is 2.24. The maximum absolute atomic E-state index is 13.0. The Morgan fingerprint density at radius 3 is 2.72 bits per heavy atom. The lowest BCUT2D eigenvalue weighted by atomic mass is 10.1. The molecule has 29 heavy (non-hydrogen) atoms. The Labute approximate surface area is 173 Å². The highest BCUT2D eigenvalue weighted by molar-refractivity contribution is 7.14. The Hall–Kier alpha value is -2.36. The number of carbonyl (C=O) groups excluding carboxylic acids is 1. The molecule has 0 spiro atoms. The summed E-state index contributed by atoms with van der Waals surface area (Å²) in [6, 6.07) is 1.80. The van der Waals surface area contributed by atoms with Gasteiger partial charge in [-0.1, -0.05) is 0 Å². The molecule has 4 rings (SSSR count). The second-order valence-corrected chi connectivity index (χ2v) is 8.63. The summed E-state index contributed by atoms with van der Waals surface area (Å²) in [4.78, 5) is 24.5. The van der Waals surface area contributed by atoms with Crippen molar-refractivity contribution in [3.05, 3.63) is 34.1 Å². The van der Waals surface area contributed by atoms with Crippen LogP contribution in [0.15, 0.2) is 11.4 Å². The number of pyridine rings is 1. The third-order valence-corrected chi connectivity index (χ3v) is 5.80. The molecule has 3 aromatic rings. The summed E-state index contributed by atoms with van der Waals surface area (Å²) in [5, 5.41) is 10.7. The van der Waals surface area contributed by atoms with Crippen molar-refractivity contribution in [2.24, 2.45) is 7.05 Å². The number of thiazole rings is 1. The molecule has 0 saturated carbocycles. The molecule has 154 valence electrons. The SMILES string of the molecule is Cc1cc(C(=O)Nc2nc(CN3CC(C)OC(C)C3)cs2)c2c(C)nn(C)c2n1. The minimum Gasteiger partial charge on any atom is -0.373 e. The molecule has 1 fully saturated rings. The second-order valence-electron chi connectivity index (χ2n) is 7.77. The Bertz CT molecular complexity index is 1050. The van der Waals surface area contributed by atoms with Gasteiger partial charge in [-0.05, 0) is 33.8 Å². The maximum Gasteiger partial charge on any atom is 0.258 e. The number of aryl methyl sites for hydroxylation is 3. The number of hydrogen-bond donors (Lipinski definition) is 1. The van der Waals surface area contributed by atoms with Crippen molar-refractivity contribution in [3.63, 3.8) is 0 Å². The van der Waals surface area contributed by atoms with E-state index in [1.807, 2.05) is 26.3 Å². The number of aromatic nitrogens is 4. The van der Waals surface area contributed by atoms with E-state index in [2.05, 4.69) is 39.1 Å². The molecule has 4 heterocycles. The first-order chi connectivity index (χ1) is 13.8. The fourth-order valence-corrected chi connectivity index (χ4v) is 4.69. The van der Waals surface area contributed by atoms with E-state index in [0.717, 1.165) is 42.1 Å². The number of fused-ring (bicyclic) bond motifs is 1. The van der Waals surface area contributed by atoms with Gasteiger partial charge < -0.3 is 4.74 Å². The number of nitrogens with one attached hydrogen (secondary N) is 1. The molecule has 0 radical (unpaired) electrons. The zero-order valence-electron chi connectivity index (χ0n) is 17.4. The van der Waals surface area contributed by atoms with Gasteiger partial charge in [0.15, 0.2) is 10.8 Å². The van der Waals surface area contributed by atoms with E-state index >= 15 is 0 Å². The van der Waals surface area contributed by atoms with Crippen LogP contribution in [-0.2, 0) is 18.3 Å². The Morgan fingerprint density at radius 1 is 1.28 bits per heavy atom. The quantitative estimate of drug-likeness (QED) is 0.707. The van der Waals surface area contributed by atoms with E-state index in [1.54, 1.807) is 10.7 Å². The molecule has 2 atom stereocenters. The first-order valence-electron chi connectivity index (χ1n) is 9.74. The van der Waals surface area contributed by atoms with Crippen molar-refractivity contribution in [2.75, 3.05) is 18.4 Å². The van der Waals surface area contributed by atoms with E-state index < -0.39 is 0 Å². The molecule has 0 aliphatic carbocycles. The van der Waals surface area contributed by atoms with Gasteiger partial charge in [0, 0.05) is 37.8 Å². The highest BCUT2D eigenvalue weighted by atomic mass is 32.1. The number of rotatable bonds is 4. The smallest absolute Gasteiger partial charge is 0.258 e. The number of carbonyl (C=O) groups is 1. The van der Waals surface area contributed by atoms with E-state index in [1.165, 1.54) is 11.3 Å². The van der Waals surface area contributed by atoms with Crippen LogP contribution in [0, 0.1) is 13.8 Å². The van der Waals surface area contributed by atoms with Crippen molar-refractivity contribution in [2.45, 2.75) is 46.4 Å². The number of morpholine rings is 1. The molecule has 2 unspecified atom stereocenters. The normalized spacial score (nSPS) is 20.3. The van der Waals surface area contributed by atoms with Crippen molar-refractivity contribution < 1.29 is 9.53 Å². The number of hydrogen-bond acceptors (Lipinski definition) is 7. The van der Waals surface area contributed by atoms with Crippen LogP contribution in [0.1, 0.15) is 41.3 Å². The van der Waals surface area contributed by atoms with Crippen LogP contribution in [0.2, 0.25) is 0 Å². The van der Waals surface area contributed by atoms with Crippen LogP contribution in [0.5, 0.6) is 0 Å². The van der Waals surface area contributed by atoms with Crippen LogP contribution in [0.25, 0.3) is 11.0 Å². The zero-order chi connectivity index (χ0) is 20.7. The summed E-state index contributed by atoms with van der Waals surface area (Å²) in [5.74, 6) is -0.189. The largest absolute Gasteiger partial charge is 0.373 e. The van der Waals surface area contributed by atoms with Gasteiger partial charge in [0.2, 0.25) is 0 Å². The first kappa shape index (κ1) is 19.9. The molecule has 1 N–H and O–H groups in total. The topological polar surface area (TPSA) is 85.2 Å². The predicted molar refractivity (Wildman–Crippen MR) is 113 cm³/mol. The van der Waals surface area contributed by atoms with Crippen LogP contribution < -0.4 is 5.32 Å². The third-order valence-electron chi connectivity index (χ3n) is 4.99. The van der Waals surface area contributed by atoms with Gasteiger partial charge in [-0.15, -0.1) is 11.3 Å². The Kier molecular flexibility index (Phi) is 5.37. The number of ether oxygens (including phenoxy) is 1. The Morgan fingerprint density at radius 2 is 2.00 bits per heavy atom. The van der Waals surface area contributed by atoms with Gasteiger partial charge in [-0.3, -0.25) is 19.7 Å². The van der Waals surface area contributed by atoms with E-state index in [9.17, 15) is 4.79 Å². The fourth-order valence-electron chi connectivity index (χ4n) is 3.99. The molecule has 1 aliphatic rings. The molecule has 1 aliphatic heterocycles. The summed E-state index contributed by atoms with van der Waals surface area (Å²) >= 11 is 1.44. The molecule has 1 saturated heterocycles. The summed E-state index contributed by atoms with van der Waals surface area (Å²) in [6.07, 6.45) is 0.438. The van der Waals surface area contributed by atoms with Crippen LogP contribution in [0.4, 0.5) is 5.13 Å². The lowest BCUT2D eigenvalue weighted by molar-refractivity contribution is -0.0707. The number of anilines is 1. The van der Waals surface area contributed by atoms with Crippen molar-refractivity contribution in [3.8, 4) is 0 Å². The first-order valence-corrected chi connectivity index (χ1v) is 10.6. The molecule has 3 aromatic heterocycles. The molecular weight excluding hydrogens is 388 g/mol. The monoisotopic (exact) mass is 414 g/mol. The predicted octanol–water partition coefficient (Wildman–Crippen LogP) is 2.90. The maximum atomic E-state index is 13.0. The summed E-state index contributed by atoms with van der Waals surface area (Å²) in [7, 11) is 1.84. The average molecular weight is 415 g/mol. The molecule has 9 heteroatoms. The van der Waals surface area contributed by atoms with Gasteiger partial charge in [0.05, 0.1) is 34.5 Å². The molecular formula is C20H26N6O2S. The van der Waals surface area contributed by atoms with Gasteiger partial charge in [0.1, 0.15) is 0 Å². The van der Waals surface area contributed by atoms with Crippen molar-refractivity contribution in [1.82, 2.24) is 24.6 Å². The van der Waals surface area contributed by atoms with E-state index in [0.29, 0.717) is 16.3 Å². The van der Waals surface area contributed by atoms with E-state index in [4.69, 9.17) is 4.74 Å². The highest BCUT2D eigenvalue weighted by Gasteiger charge is 2.23. The summed E-state index contributed by atoms with van der Waals surface area (Å²) in [5.41, 5.74) is 3.81. The molecule has 8 nitrogen and oxygen atoms in total. The molecule has 0 aromatic carbocycles. The fraction of sp³-hybridized carbons (Fsp3) is 0.500. The zero-order valence-corrected chi connectivity index (χ0v) is 18.2. The summed E-state index contributed by atoms with van der Waals surface area (Å²) in [6.45, 7) is 10.5. The Balaban J connectivity index is 1.51. The van der Waals surface area contributed by atoms with Crippen molar-refractivity contribution >= 4 is 33.4 Å². The standard InChI is InChI=1S/C20H26N6O2S/c1-11-6-16(17-14(4)24-25(5)18(17)21-11)19(27)23-20-22-15(10-29-20)9-26-7-12(2)28-13(3)8-26/h6,10,12-13H,7-9H2,1-5H3,(H,22,23,27).